The molecule has 2 rings (SSSR count). The highest BCUT2D eigenvalue weighted by Crippen LogP contribution is 2.49. The predicted octanol–water partition coefficient (Wildman–Crippen LogP) is 2.93. The van der Waals surface area contributed by atoms with Crippen molar-refractivity contribution in [2.75, 3.05) is 5.75 Å². The average molecular weight is 241 g/mol. The highest BCUT2D eigenvalue weighted by molar-refractivity contribution is 7.80. The first kappa shape index (κ1) is 12.3. The predicted molar refractivity (Wildman–Crippen MR) is 69.8 cm³/mol. The first-order valence-corrected chi connectivity index (χ1v) is 7.28. The van der Waals surface area contributed by atoms with Gasteiger partial charge in [-0.3, -0.25) is 4.79 Å². The van der Waals surface area contributed by atoms with Gasteiger partial charge in [0.25, 0.3) is 0 Å². The molecule has 1 amide bonds. The SMILES string of the molecule is O=C(CC1(CS)CC1)NC1CCCCCC1. The van der Waals surface area contributed by atoms with Gasteiger partial charge in [-0.2, -0.15) is 12.6 Å². The van der Waals surface area contributed by atoms with Crippen molar-refractivity contribution in [1.29, 1.82) is 0 Å². The van der Waals surface area contributed by atoms with Gasteiger partial charge in [0.15, 0.2) is 0 Å². The van der Waals surface area contributed by atoms with E-state index in [1.807, 2.05) is 0 Å². The molecule has 0 aromatic carbocycles. The van der Waals surface area contributed by atoms with Gasteiger partial charge in [-0.1, -0.05) is 25.7 Å². The van der Waals surface area contributed by atoms with Crippen LogP contribution in [0.15, 0.2) is 0 Å². The molecule has 92 valence electrons. The Kier molecular flexibility index (Phi) is 4.17. The Morgan fingerprint density at radius 2 is 1.81 bits per heavy atom. The van der Waals surface area contributed by atoms with Gasteiger partial charge >= 0.3 is 0 Å². The molecule has 0 aliphatic heterocycles. The van der Waals surface area contributed by atoms with E-state index in [4.69, 9.17) is 0 Å². The largest absolute Gasteiger partial charge is 0.353 e. The maximum absolute atomic E-state index is 11.9. The molecule has 0 bridgehead atoms. The maximum atomic E-state index is 11.9. The van der Waals surface area contributed by atoms with Gasteiger partial charge in [-0.25, -0.2) is 0 Å². The van der Waals surface area contributed by atoms with Crippen LogP contribution in [0.25, 0.3) is 0 Å². The molecule has 0 spiro atoms. The number of carbonyl (C=O) groups excluding carboxylic acids is 1. The summed E-state index contributed by atoms with van der Waals surface area (Å²) in [5.41, 5.74) is 0.262. The Bertz CT molecular complexity index is 242. The van der Waals surface area contributed by atoms with Crippen LogP contribution in [-0.2, 0) is 4.79 Å². The van der Waals surface area contributed by atoms with Crippen LogP contribution in [0.3, 0.4) is 0 Å². The van der Waals surface area contributed by atoms with E-state index in [0.29, 0.717) is 12.5 Å². The quantitative estimate of drug-likeness (QED) is 0.575. The smallest absolute Gasteiger partial charge is 0.220 e. The van der Waals surface area contributed by atoms with E-state index in [0.717, 1.165) is 5.75 Å². The van der Waals surface area contributed by atoms with Crippen molar-refractivity contribution in [1.82, 2.24) is 5.32 Å². The molecule has 0 heterocycles. The summed E-state index contributed by atoms with van der Waals surface area (Å²) in [5, 5.41) is 3.22. The minimum absolute atomic E-state index is 0.262. The first-order chi connectivity index (χ1) is 7.74. The van der Waals surface area contributed by atoms with Gasteiger partial charge in [-0.05, 0) is 36.9 Å². The summed E-state index contributed by atoms with van der Waals surface area (Å²) in [6.45, 7) is 0. The lowest BCUT2D eigenvalue weighted by molar-refractivity contribution is -0.122. The minimum atomic E-state index is 0.262. The number of carbonyl (C=O) groups is 1. The van der Waals surface area contributed by atoms with E-state index in [1.165, 1.54) is 51.4 Å². The van der Waals surface area contributed by atoms with Gasteiger partial charge in [0.2, 0.25) is 5.91 Å². The van der Waals surface area contributed by atoms with Crippen LogP contribution >= 0.6 is 12.6 Å². The van der Waals surface area contributed by atoms with Crippen molar-refractivity contribution in [3.05, 3.63) is 0 Å². The van der Waals surface area contributed by atoms with E-state index in [2.05, 4.69) is 17.9 Å². The highest BCUT2D eigenvalue weighted by Gasteiger charge is 2.43. The summed E-state index contributed by atoms with van der Waals surface area (Å²) in [6.07, 6.45) is 10.7. The van der Waals surface area contributed by atoms with Crippen molar-refractivity contribution >= 4 is 18.5 Å². The van der Waals surface area contributed by atoms with Crippen molar-refractivity contribution in [3.8, 4) is 0 Å². The molecule has 16 heavy (non-hydrogen) atoms. The number of hydrogen-bond donors (Lipinski definition) is 2. The Balaban J connectivity index is 1.73. The van der Waals surface area contributed by atoms with Gasteiger partial charge in [0.05, 0.1) is 0 Å². The van der Waals surface area contributed by atoms with Crippen LogP contribution in [0.4, 0.5) is 0 Å². The van der Waals surface area contributed by atoms with Gasteiger partial charge in [0.1, 0.15) is 0 Å². The third-order valence-electron chi connectivity index (χ3n) is 4.05. The van der Waals surface area contributed by atoms with Gasteiger partial charge in [0, 0.05) is 12.5 Å². The summed E-state index contributed by atoms with van der Waals surface area (Å²) in [4.78, 5) is 11.9. The molecular weight excluding hydrogens is 218 g/mol. The summed E-state index contributed by atoms with van der Waals surface area (Å²) >= 11 is 4.34. The monoisotopic (exact) mass is 241 g/mol. The molecule has 2 aliphatic carbocycles. The number of hydrogen-bond acceptors (Lipinski definition) is 2. The molecule has 2 nitrogen and oxygen atoms in total. The number of amides is 1. The third kappa shape index (κ3) is 3.41. The normalized spacial score (nSPS) is 24.8. The molecule has 0 unspecified atom stereocenters. The number of thiol groups is 1. The van der Waals surface area contributed by atoms with E-state index in [9.17, 15) is 4.79 Å². The zero-order valence-corrected chi connectivity index (χ0v) is 10.9. The lowest BCUT2D eigenvalue weighted by atomic mass is 10.0. The topological polar surface area (TPSA) is 29.1 Å². The summed E-state index contributed by atoms with van der Waals surface area (Å²) in [5.74, 6) is 1.13. The van der Waals surface area contributed by atoms with Crippen molar-refractivity contribution in [2.45, 2.75) is 63.8 Å². The number of rotatable bonds is 4. The van der Waals surface area contributed by atoms with E-state index < -0.39 is 0 Å². The fraction of sp³-hybridized carbons (Fsp3) is 0.923. The molecule has 3 heteroatoms. The van der Waals surface area contributed by atoms with Crippen LogP contribution in [-0.4, -0.2) is 17.7 Å². The Labute approximate surface area is 104 Å². The second kappa shape index (κ2) is 5.44. The van der Waals surface area contributed by atoms with E-state index in [-0.39, 0.29) is 11.3 Å². The molecule has 0 aromatic heterocycles. The van der Waals surface area contributed by atoms with Crippen LogP contribution in [0.2, 0.25) is 0 Å². The number of nitrogens with one attached hydrogen (secondary N) is 1. The lowest BCUT2D eigenvalue weighted by Gasteiger charge is -2.18. The summed E-state index contributed by atoms with van der Waals surface area (Å²) in [7, 11) is 0. The molecular formula is C13H23NOS. The van der Waals surface area contributed by atoms with Crippen molar-refractivity contribution < 1.29 is 4.79 Å². The molecule has 0 atom stereocenters. The van der Waals surface area contributed by atoms with Crippen molar-refractivity contribution in [2.24, 2.45) is 5.41 Å². The minimum Gasteiger partial charge on any atom is -0.353 e. The van der Waals surface area contributed by atoms with E-state index >= 15 is 0 Å². The summed E-state index contributed by atoms with van der Waals surface area (Å²) in [6, 6.07) is 0.450. The van der Waals surface area contributed by atoms with Gasteiger partial charge in [-0.15, -0.1) is 0 Å². The fourth-order valence-corrected chi connectivity index (χ4v) is 3.04. The van der Waals surface area contributed by atoms with Crippen LogP contribution < -0.4 is 5.32 Å². The molecule has 2 fully saturated rings. The Morgan fingerprint density at radius 1 is 1.19 bits per heavy atom. The van der Waals surface area contributed by atoms with E-state index in [1.54, 1.807) is 0 Å². The average Bonchev–Trinajstić information content (AvgIpc) is 3.04. The highest BCUT2D eigenvalue weighted by atomic mass is 32.1. The lowest BCUT2D eigenvalue weighted by Crippen LogP contribution is -2.35. The maximum Gasteiger partial charge on any atom is 0.220 e. The Morgan fingerprint density at radius 3 is 2.31 bits per heavy atom. The molecule has 2 aliphatic rings. The zero-order chi connectivity index (χ0) is 11.4. The zero-order valence-electron chi connectivity index (χ0n) is 10.0. The standard InChI is InChI=1S/C13H23NOS/c15-12(9-13(10-16)7-8-13)14-11-5-3-1-2-4-6-11/h11,16H,1-10H2,(H,14,15). The Hall–Kier alpha value is -0.180. The third-order valence-corrected chi connectivity index (χ3v) is 4.72. The molecule has 0 saturated heterocycles. The van der Waals surface area contributed by atoms with Gasteiger partial charge < -0.3 is 5.32 Å². The molecule has 1 N–H and O–H groups in total. The molecule has 0 aromatic rings. The van der Waals surface area contributed by atoms with Crippen LogP contribution in [0.1, 0.15) is 57.8 Å². The van der Waals surface area contributed by atoms with Crippen molar-refractivity contribution in [3.63, 3.8) is 0 Å². The second-order valence-corrected chi connectivity index (χ2v) is 5.91. The van der Waals surface area contributed by atoms with Crippen LogP contribution in [0, 0.1) is 5.41 Å². The molecule has 2 saturated carbocycles. The fourth-order valence-electron chi connectivity index (χ4n) is 2.61. The summed E-state index contributed by atoms with van der Waals surface area (Å²) < 4.78 is 0. The first-order valence-electron chi connectivity index (χ1n) is 6.64. The van der Waals surface area contributed by atoms with Crippen LogP contribution in [0.5, 0.6) is 0 Å². The molecule has 0 radical (unpaired) electrons. The second-order valence-electron chi connectivity index (χ2n) is 5.59.